The van der Waals surface area contributed by atoms with Crippen LogP contribution in [0.1, 0.15) is 27.7 Å². The summed E-state index contributed by atoms with van der Waals surface area (Å²) in [6.07, 6.45) is 0. The van der Waals surface area contributed by atoms with Crippen molar-refractivity contribution >= 4 is 45.3 Å². The van der Waals surface area contributed by atoms with Gasteiger partial charge in [-0.05, 0) is 40.9 Å². The molecule has 0 aliphatic rings. The van der Waals surface area contributed by atoms with Crippen molar-refractivity contribution in [2.75, 3.05) is 11.9 Å². The Morgan fingerprint density at radius 1 is 1.36 bits per heavy atom. The molecule has 0 saturated carbocycles. The summed E-state index contributed by atoms with van der Waals surface area (Å²) >= 11 is 4.50. The van der Waals surface area contributed by atoms with E-state index in [2.05, 4.69) is 21.2 Å². The second kappa shape index (κ2) is 8.53. The molecule has 22 heavy (non-hydrogen) atoms. The molecule has 1 unspecified atom stereocenters. The maximum Gasteiger partial charge on any atom is 0.319 e. The predicted octanol–water partition coefficient (Wildman–Crippen LogP) is 4.23. The number of amides is 1. The van der Waals surface area contributed by atoms with Gasteiger partial charge in [0.2, 0.25) is 5.91 Å². The molecule has 1 amide bonds. The third kappa shape index (κ3) is 5.96. The van der Waals surface area contributed by atoms with Crippen LogP contribution in [0.2, 0.25) is 0 Å². The van der Waals surface area contributed by atoms with Crippen LogP contribution in [-0.4, -0.2) is 23.7 Å². The van der Waals surface area contributed by atoms with E-state index in [1.807, 2.05) is 13.8 Å². The maximum absolute atomic E-state index is 13.8. The van der Waals surface area contributed by atoms with Crippen molar-refractivity contribution in [1.29, 1.82) is 0 Å². The van der Waals surface area contributed by atoms with Crippen LogP contribution in [0.4, 0.5) is 10.1 Å². The lowest BCUT2D eigenvalue weighted by Crippen LogP contribution is -2.19. The minimum absolute atomic E-state index is 0.0842. The van der Waals surface area contributed by atoms with E-state index in [9.17, 15) is 14.0 Å². The van der Waals surface area contributed by atoms with Crippen molar-refractivity contribution in [3.63, 3.8) is 0 Å². The molecule has 0 bridgehead atoms. The van der Waals surface area contributed by atoms with E-state index >= 15 is 0 Å². The average molecular weight is 392 g/mol. The quantitative estimate of drug-likeness (QED) is 0.582. The average Bonchev–Trinajstić information content (AvgIpc) is 2.40. The summed E-state index contributed by atoms with van der Waals surface area (Å²) in [5, 5.41) is 1.98. The second-order valence-corrected chi connectivity index (χ2v) is 7.46. The molecule has 4 nitrogen and oxygen atoms in total. The highest BCUT2D eigenvalue weighted by Crippen LogP contribution is 2.35. The van der Waals surface area contributed by atoms with Crippen molar-refractivity contribution in [3.05, 3.63) is 22.4 Å². The topological polar surface area (TPSA) is 55.4 Å². The highest BCUT2D eigenvalue weighted by molar-refractivity contribution is 9.10. The first-order valence-electron chi connectivity index (χ1n) is 6.80. The standard InChI is InChI=1S/C15H19BrFNO3S/c1-8(2)7-21-15(20)9(3)22-14-6-13(18-10(4)19)12(17)5-11(14)16/h5-6,8-9H,7H2,1-4H3,(H,18,19). The number of anilines is 1. The van der Waals surface area contributed by atoms with E-state index in [0.29, 0.717) is 16.0 Å². The minimum Gasteiger partial charge on any atom is -0.465 e. The van der Waals surface area contributed by atoms with Gasteiger partial charge in [-0.15, -0.1) is 11.8 Å². The Labute approximate surface area is 142 Å². The van der Waals surface area contributed by atoms with Crippen molar-refractivity contribution in [1.82, 2.24) is 0 Å². The van der Waals surface area contributed by atoms with Gasteiger partial charge in [-0.25, -0.2) is 4.39 Å². The first-order chi connectivity index (χ1) is 10.2. The molecule has 0 aliphatic heterocycles. The molecular weight excluding hydrogens is 373 g/mol. The molecule has 0 aliphatic carbocycles. The third-order valence-corrected chi connectivity index (χ3v) is 4.58. The van der Waals surface area contributed by atoms with Crippen LogP contribution < -0.4 is 5.32 Å². The molecule has 0 radical (unpaired) electrons. The zero-order valence-corrected chi connectivity index (χ0v) is 15.3. The van der Waals surface area contributed by atoms with Crippen molar-refractivity contribution in [2.45, 2.75) is 37.8 Å². The van der Waals surface area contributed by atoms with Gasteiger partial charge in [0.05, 0.1) is 12.3 Å². The molecule has 1 N–H and O–H groups in total. The molecule has 1 atom stereocenters. The third-order valence-electron chi connectivity index (χ3n) is 2.53. The Hall–Kier alpha value is -1.08. The second-order valence-electron chi connectivity index (χ2n) is 5.23. The van der Waals surface area contributed by atoms with Gasteiger partial charge in [0.25, 0.3) is 0 Å². The van der Waals surface area contributed by atoms with E-state index in [4.69, 9.17) is 4.74 Å². The van der Waals surface area contributed by atoms with E-state index in [1.54, 1.807) is 6.92 Å². The molecule has 0 saturated heterocycles. The predicted molar refractivity (Wildman–Crippen MR) is 89.5 cm³/mol. The lowest BCUT2D eigenvalue weighted by atomic mass is 10.2. The Bertz CT molecular complexity index is 566. The Morgan fingerprint density at radius 2 is 2.00 bits per heavy atom. The number of thioether (sulfide) groups is 1. The first kappa shape index (κ1) is 19.0. The fraction of sp³-hybridized carbons (Fsp3) is 0.467. The summed E-state index contributed by atoms with van der Waals surface area (Å²) < 4.78 is 19.4. The van der Waals surface area contributed by atoms with Gasteiger partial charge in [0.15, 0.2) is 0 Å². The summed E-state index contributed by atoms with van der Waals surface area (Å²) in [5.41, 5.74) is 0.0842. The van der Waals surface area contributed by atoms with Gasteiger partial charge < -0.3 is 10.1 Å². The molecule has 0 spiro atoms. The summed E-state index contributed by atoms with van der Waals surface area (Å²) in [5.74, 6) is -0.955. The van der Waals surface area contributed by atoms with E-state index in [1.165, 1.54) is 30.8 Å². The lowest BCUT2D eigenvalue weighted by Gasteiger charge is -2.14. The maximum atomic E-state index is 13.8. The SMILES string of the molecule is CC(=O)Nc1cc(SC(C)C(=O)OCC(C)C)c(Br)cc1F. The van der Waals surface area contributed by atoms with Gasteiger partial charge in [-0.1, -0.05) is 13.8 Å². The van der Waals surface area contributed by atoms with Gasteiger partial charge in [0, 0.05) is 16.3 Å². The first-order valence-corrected chi connectivity index (χ1v) is 8.48. The largest absolute Gasteiger partial charge is 0.465 e. The highest BCUT2D eigenvalue weighted by atomic mass is 79.9. The zero-order valence-electron chi connectivity index (χ0n) is 12.9. The number of ether oxygens (including phenoxy) is 1. The molecule has 1 aromatic rings. The number of nitrogens with one attached hydrogen (secondary N) is 1. The van der Waals surface area contributed by atoms with Crippen LogP contribution in [0.5, 0.6) is 0 Å². The zero-order chi connectivity index (χ0) is 16.9. The van der Waals surface area contributed by atoms with Crippen LogP contribution in [0, 0.1) is 11.7 Å². The number of halogens is 2. The number of rotatable bonds is 6. The summed E-state index contributed by atoms with van der Waals surface area (Å²) in [6.45, 7) is 7.32. The van der Waals surface area contributed by atoms with Crippen molar-refractivity contribution in [2.24, 2.45) is 5.92 Å². The summed E-state index contributed by atoms with van der Waals surface area (Å²) in [6, 6.07) is 2.76. The monoisotopic (exact) mass is 391 g/mol. The van der Waals surface area contributed by atoms with E-state index in [0.717, 1.165) is 0 Å². The highest BCUT2D eigenvalue weighted by Gasteiger charge is 2.19. The minimum atomic E-state index is -0.540. The summed E-state index contributed by atoms with van der Waals surface area (Å²) in [4.78, 5) is 23.6. The fourth-order valence-corrected chi connectivity index (χ4v) is 3.01. The van der Waals surface area contributed by atoms with Crippen LogP contribution in [0.15, 0.2) is 21.5 Å². The molecular formula is C15H19BrFNO3S. The Kier molecular flexibility index (Phi) is 7.35. The van der Waals surface area contributed by atoms with Crippen LogP contribution in [-0.2, 0) is 14.3 Å². The lowest BCUT2D eigenvalue weighted by molar-refractivity contribution is -0.143. The van der Waals surface area contributed by atoms with Crippen molar-refractivity contribution < 1.29 is 18.7 Å². The summed E-state index contributed by atoms with van der Waals surface area (Å²) in [7, 11) is 0. The number of hydrogen-bond acceptors (Lipinski definition) is 4. The molecule has 7 heteroatoms. The van der Waals surface area contributed by atoms with Gasteiger partial charge in [-0.2, -0.15) is 0 Å². The molecule has 0 heterocycles. The number of carbonyl (C=O) groups is 2. The number of esters is 1. The van der Waals surface area contributed by atoms with Crippen LogP contribution in [0.3, 0.4) is 0 Å². The molecule has 1 aromatic carbocycles. The smallest absolute Gasteiger partial charge is 0.319 e. The molecule has 0 aromatic heterocycles. The van der Waals surface area contributed by atoms with Gasteiger partial charge in [0.1, 0.15) is 11.1 Å². The van der Waals surface area contributed by atoms with E-state index < -0.39 is 11.1 Å². The normalized spacial score (nSPS) is 12.1. The Morgan fingerprint density at radius 3 is 2.55 bits per heavy atom. The van der Waals surface area contributed by atoms with Gasteiger partial charge >= 0.3 is 5.97 Å². The van der Waals surface area contributed by atoms with Crippen molar-refractivity contribution in [3.8, 4) is 0 Å². The molecule has 1 rings (SSSR count). The molecule has 0 fully saturated rings. The number of benzene rings is 1. The molecule has 122 valence electrons. The Balaban J connectivity index is 2.83. The number of hydrogen-bond donors (Lipinski definition) is 1. The van der Waals surface area contributed by atoms with E-state index in [-0.39, 0.29) is 23.5 Å². The fourth-order valence-electron chi connectivity index (χ4n) is 1.51. The van der Waals surface area contributed by atoms with Crippen LogP contribution >= 0.6 is 27.7 Å². The van der Waals surface area contributed by atoms with Gasteiger partial charge in [-0.3, -0.25) is 9.59 Å². The van der Waals surface area contributed by atoms with Crippen LogP contribution in [0.25, 0.3) is 0 Å². The number of carbonyl (C=O) groups excluding carboxylic acids is 2.